The molecular formula is C13H18O3. The van der Waals surface area contributed by atoms with E-state index in [1.807, 2.05) is 20.8 Å². The maximum absolute atomic E-state index is 10.7. The zero-order valence-corrected chi connectivity index (χ0v) is 9.99. The molecule has 3 nitrogen and oxygen atoms in total. The molecule has 1 atom stereocenters. The van der Waals surface area contributed by atoms with Crippen molar-refractivity contribution in [1.82, 2.24) is 0 Å². The lowest BCUT2D eigenvalue weighted by Crippen LogP contribution is -2.13. The van der Waals surface area contributed by atoms with E-state index in [-0.39, 0.29) is 12.5 Å². The quantitative estimate of drug-likeness (QED) is 0.776. The molecule has 0 amide bonds. The smallest absolute Gasteiger partial charge is 0.150 e. The van der Waals surface area contributed by atoms with Crippen LogP contribution in [-0.2, 0) is 0 Å². The predicted molar refractivity (Wildman–Crippen MR) is 63.0 cm³/mol. The average Bonchev–Trinajstić information content (AvgIpc) is 2.27. The summed E-state index contributed by atoms with van der Waals surface area (Å²) < 4.78 is 5.64. The maximum Gasteiger partial charge on any atom is 0.150 e. The van der Waals surface area contributed by atoms with Crippen molar-refractivity contribution in [2.75, 3.05) is 13.2 Å². The normalized spacial score (nSPS) is 12.2. The zero-order chi connectivity index (χ0) is 12.1. The molecular weight excluding hydrogens is 204 g/mol. The average molecular weight is 222 g/mol. The second kappa shape index (κ2) is 5.66. The van der Waals surface area contributed by atoms with Crippen LogP contribution in [-0.4, -0.2) is 24.6 Å². The highest BCUT2D eigenvalue weighted by atomic mass is 16.5. The van der Waals surface area contributed by atoms with Gasteiger partial charge in [-0.05, 0) is 37.1 Å². The third kappa shape index (κ3) is 3.07. The van der Waals surface area contributed by atoms with E-state index in [4.69, 9.17) is 9.84 Å². The van der Waals surface area contributed by atoms with Crippen LogP contribution < -0.4 is 4.74 Å². The topological polar surface area (TPSA) is 46.5 Å². The monoisotopic (exact) mass is 222 g/mol. The van der Waals surface area contributed by atoms with Gasteiger partial charge in [0.05, 0.1) is 6.61 Å². The fourth-order valence-corrected chi connectivity index (χ4v) is 1.56. The Labute approximate surface area is 96.1 Å². The van der Waals surface area contributed by atoms with Crippen LogP contribution in [0.4, 0.5) is 0 Å². The number of aldehydes is 1. The summed E-state index contributed by atoms with van der Waals surface area (Å²) in [5, 5.41) is 8.91. The second-order valence-electron chi connectivity index (χ2n) is 4.20. The van der Waals surface area contributed by atoms with E-state index in [1.165, 1.54) is 0 Å². The lowest BCUT2D eigenvalue weighted by Gasteiger charge is -2.15. The van der Waals surface area contributed by atoms with Gasteiger partial charge in [-0.15, -0.1) is 0 Å². The van der Waals surface area contributed by atoms with Crippen LogP contribution >= 0.6 is 0 Å². The van der Waals surface area contributed by atoms with Gasteiger partial charge in [-0.1, -0.05) is 6.92 Å². The maximum atomic E-state index is 10.7. The molecule has 0 radical (unpaired) electrons. The Morgan fingerprint density at radius 3 is 2.38 bits per heavy atom. The molecule has 0 heterocycles. The summed E-state index contributed by atoms with van der Waals surface area (Å²) in [5.41, 5.74) is 2.57. The van der Waals surface area contributed by atoms with Crippen molar-refractivity contribution in [2.24, 2.45) is 5.92 Å². The first-order chi connectivity index (χ1) is 7.58. The first-order valence-corrected chi connectivity index (χ1v) is 5.38. The number of hydrogen-bond donors (Lipinski definition) is 1. The van der Waals surface area contributed by atoms with Crippen molar-refractivity contribution in [3.63, 3.8) is 0 Å². The van der Waals surface area contributed by atoms with Gasteiger partial charge in [-0.2, -0.15) is 0 Å². The van der Waals surface area contributed by atoms with Crippen molar-refractivity contribution in [3.8, 4) is 5.75 Å². The van der Waals surface area contributed by atoms with Gasteiger partial charge in [-0.3, -0.25) is 4.79 Å². The number of aryl methyl sites for hydroxylation is 2. The minimum atomic E-state index is 0.115. The van der Waals surface area contributed by atoms with E-state index < -0.39 is 0 Å². The molecule has 0 spiro atoms. The standard InChI is InChI=1S/C13H18O3/c1-9(6-14)8-16-13-10(2)4-12(7-15)5-11(13)3/h4-5,7,9,14H,6,8H2,1-3H3. The van der Waals surface area contributed by atoms with Crippen LogP contribution in [0.2, 0.25) is 0 Å². The van der Waals surface area contributed by atoms with Gasteiger partial charge in [0.15, 0.2) is 0 Å². The van der Waals surface area contributed by atoms with Crippen LogP contribution in [0.25, 0.3) is 0 Å². The van der Waals surface area contributed by atoms with E-state index >= 15 is 0 Å². The molecule has 0 aliphatic rings. The summed E-state index contributed by atoms with van der Waals surface area (Å²) >= 11 is 0. The molecule has 0 aliphatic heterocycles. The number of carbonyl (C=O) groups is 1. The lowest BCUT2D eigenvalue weighted by atomic mass is 10.1. The molecule has 1 aromatic rings. The molecule has 3 heteroatoms. The van der Waals surface area contributed by atoms with E-state index in [0.717, 1.165) is 23.2 Å². The number of carbonyl (C=O) groups excluding carboxylic acids is 1. The number of hydrogen-bond acceptors (Lipinski definition) is 3. The van der Waals surface area contributed by atoms with Crippen molar-refractivity contribution < 1.29 is 14.6 Å². The molecule has 0 saturated heterocycles. The van der Waals surface area contributed by atoms with Gasteiger partial charge in [0.25, 0.3) is 0 Å². The van der Waals surface area contributed by atoms with Crippen molar-refractivity contribution in [1.29, 1.82) is 0 Å². The largest absolute Gasteiger partial charge is 0.493 e. The van der Waals surface area contributed by atoms with Gasteiger partial charge in [-0.25, -0.2) is 0 Å². The Bertz CT molecular complexity index is 348. The number of ether oxygens (including phenoxy) is 1. The SMILES string of the molecule is Cc1cc(C=O)cc(C)c1OCC(C)CO. The Morgan fingerprint density at radius 2 is 1.94 bits per heavy atom. The summed E-state index contributed by atoms with van der Waals surface area (Å²) in [4.78, 5) is 10.7. The highest BCUT2D eigenvalue weighted by molar-refractivity contribution is 5.76. The Balaban J connectivity index is 2.84. The fraction of sp³-hybridized carbons (Fsp3) is 0.462. The molecule has 88 valence electrons. The predicted octanol–water partition coefficient (Wildman–Crippen LogP) is 2.12. The second-order valence-corrected chi connectivity index (χ2v) is 4.20. The molecule has 1 unspecified atom stereocenters. The Kier molecular flexibility index (Phi) is 4.50. The molecule has 0 aromatic heterocycles. The molecule has 0 fully saturated rings. The molecule has 1 N–H and O–H groups in total. The van der Waals surface area contributed by atoms with Crippen LogP contribution in [0.3, 0.4) is 0 Å². The first kappa shape index (κ1) is 12.7. The van der Waals surface area contributed by atoms with Gasteiger partial charge < -0.3 is 9.84 Å². The third-order valence-electron chi connectivity index (χ3n) is 2.44. The fourth-order valence-electron chi connectivity index (χ4n) is 1.56. The van der Waals surface area contributed by atoms with E-state index in [9.17, 15) is 4.79 Å². The van der Waals surface area contributed by atoms with Crippen molar-refractivity contribution >= 4 is 6.29 Å². The van der Waals surface area contributed by atoms with Crippen LogP contribution in [0.15, 0.2) is 12.1 Å². The Morgan fingerprint density at radius 1 is 1.38 bits per heavy atom. The third-order valence-corrected chi connectivity index (χ3v) is 2.44. The molecule has 0 aliphatic carbocycles. The number of aliphatic hydroxyl groups is 1. The van der Waals surface area contributed by atoms with Crippen molar-refractivity contribution in [2.45, 2.75) is 20.8 Å². The summed E-state index contributed by atoms with van der Waals surface area (Å²) in [5.74, 6) is 0.926. The molecule has 1 aromatic carbocycles. The summed E-state index contributed by atoms with van der Waals surface area (Å²) in [6, 6.07) is 3.61. The van der Waals surface area contributed by atoms with Crippen molar-refractivity contribution in [3.05, 3.63) is 28.8 Å². The Hall–Kier alpha value is -1.35. The highest BCUT2D eigenvalue weighted by Crippen LogP contribution is 2.24. The van der Waals surface area contributed by atoms with Gasteiger partial charge in [0.1, 0.15) is 12.0 Å². The molecule has 0 bridgehead atoms. The van der Waals surface area contributed by atoms with Crippen LogP contribution in [0, 0.1) is 19.8 Å². The van der Waals surface area contributed by atoms with E-state index in [0.29, 0.717) is 12.2 Å². The van der Waals surface area contributed by atoms with Gasteiger partial charge in [0.2, 0.25) is 0 Å². The van der Waals surface area contributed by atoms with E-state index in [1.54, 1.807) is 12.1 Å². The van der Waals surface area contributed by atoms with Crippen LogP contribution in [0.1, 0.15) is 28.4 Å². The summed E-state index contributed by atoms with van der Waals surface area (Å²) in [7, 11) is 0. The van der Waals surface area contributed by atoms with Gasteiger partial charge in [0, 0.05) is 18.1 Å². The zero-order valence-electron chi connectivity index (χ0n) is 9.99. The summed E-state index contributed by atoms with van der Waals surface area (Å²) in [6.45, 7) is 6.35. The molecule has 1 rings (SSSR count). The minimum absolute atomic E-state index is 0.115. The number of aliphatic hydroxyl groups excluding tert-OH is 1. The highest BCUT2D eigenvalue weighted by Gasteiger charge is 2.08. The van der Waals surface area contributed by atoms with Gasteiger partial charge >= 0.3 is 0 Å². The first-order valence-electron chi connectivity index (χ1n) is 5.38. The minimum Gasteiger partial charge on any atom is -0.493 e. The number of rotatable bonds is 5. The summed E-state index contributed by atoms with van der Waals surface area (Å²) in [6.07, 6.45) is 0.833. The lowest BCUT2D eigenvalue weighted by molar-refractivity contribution is 0.112. The number of benzene rings is 1. The van der Waals surface area contributed by atoms with Crippen LogP contribution in [0.5, 0.6) is 5.75 Å². The molecule has 16 heavy (non-hydrogen) atoms. The molecule has 0 saturated carbocycles. The van der Waals surface area contributed by atoms with E-state index in [2.05, 4.69) is 0 Å².